The highest BCUT2D eigenvalue weighted by atomic mass is 32.2. The van der Waals surface area contributed by atoms with Crippen molar-refractivity contribution in [2.24, 2.45) is 0 Å². The van der Waals surface area contributed by atoms with E-state index in [9.17, 15) is 8.42 Å². The van der Waals surface area contributed by atoms with Crippen LogP contribution in [0.15, 0.2) is 16.8 Å². The van der Waals surface area contributed by atoms with Crippen molar-refractivity contribution in [1.29, 1.82) is 0 Å². The number of hydrogen-bond acceptors (Lipinski definition) is 4. The molecule has 1 aliphatic rings. The van der Waals surface area contributed by atoms with Gasteiger partial charge in [-0.05, 0) is 41.8 Å². The molecule has 0 amide bonds. The zero-order valence-corrected chi connectivity index (χ0v) is 10.6. The lowest BCUT2D eigenvalue weighted by Gasteiger charge is -2.11. The van der Waals surface area contributed by atoms with Gasteiger partial charge in [0, 0.05) is 12.6 Å². The maximum absolute atomic E-state index is 11.7. The van der Waals surface area contributed by atoms with Crippen LogP contribution in [0.25, 0.3) is 0 Å². The molecule has 1 saturated heterocycles. The summed E-state index contributed by atoms with van der Waals surface area (Å²) in [5.74, 6) is 0.192. The number of sulfonamides is 1. The van der Waals surface area contributed by atoms with Gasteiger partial charge in [-0.2, -0.15) is 11.3 Å². The second-order valence-electron chi connectivity index (χ2n) is 4.03. The molecular formula is C10H16N2O2S2. The highest BCUT2D eigenvalue weighted by Gasteiger charge is 2.21. The smallest absolute Gasteiger partial charge is 0.213 e. The van der Waals surface area contributed by atoms with Gasteiger partial charge in [-0.25, -0.2) is 13.1 Å². The average molecular weight is 260 g/mol. The van der Waals surface area contributed by atoms with E-state index in [1.807, 2.05) is 16.8 Å². The molecule has 2 heterocycles. The molecule has 1 aromatic rings. The van der Waals surface area contributed by atoms with Gasteiger partial charge in [-0.1, -0.05) is 0 Å². The van der Waals surface area contributed by atoms with Crippen LogP contribution in [0, 0.1) is 0 Å². The van der Waals surface area contributed by atoms with Crippen LogP contribution < -0.4 is 10.0 Å². The maximum atomic E-state index is 11.7. The minimum Gasteiger partial charge on any atom is -0.313 e. The summed E-state index contributed by atoms with van der Waals surface area (Å²) in [6.07, 6.45) is 2.03. The van der Waals surface area contributed by atoms with E-state index in [1.54, 1.807) is 11.3 Å². The van der Waals surface area contributed by atoms with E-state index in [4.69, 9.17) is 0 Å². The van der Waals surface area contributed by atoms with Crippen LogP contribution in [0.2, 0.25) is 0 Å². The highest BCUT2D eigenvalue weighted by molar-refractivity contribution is 7.89. The first-order chi connectivity index (χ1) is 7.66. The van der Waals surface area contributed by atoms with Gasteiger partial charge in [0.15, 0.2) is 0 Å². The monoisotopic (exact) mass is 260 g/mol. The van der Waals surface area contributed by atoms with Gasteiger partial charge >= 0.3 is 0 Å². The van der Waals surface area contributed by atoms with Crippen LogP contribution in [-0.4, -0.2) is 26.8 Å². The summed E-state index contributed by atoms with van der Waals surface area (Å²) in [5.41, 5.74) is 1.02. The molecule has 16 heavy (non-hydrogen) atoms. The fourth-order valence-electron chi connectivity index (χ4n) is 1.81. The average Bonchev–Trinajstić information content (AvgIpc) is 2.85. The van der Waals surface area contributed by atoms with E-state index in [2.05, 4.69) is 10.0 Å². The molecule has 6 heteroatoms. The molecule has 1 aromatic heterocycles. The zero-order valence-electron chi connectivity index (χ0n) is 8.98. The Balaban J connectivity index is 1.82. The van der Waals surface area contributed by atoms with Crippen molar-refractivity contribution < 1.29 is 8.42 Å². The van der Waals surface area contributed by atoms with Crippen molar-refractivity contribution in [2.75, 3.05) is 12.3 Å². The first kappa shape index (κ1) is 12.0. The summed E-state index contributed by atoms with van der Waals surface area (Å²) < 4.78 is 26.1. The Labute approximate surface area is 100 Å². The van der Waals surface area contributed by atoms with E-state index in [0.29, 0.717) is 6.54 Å². The quantitative estimate of drug-likeness (QED) is 0.827. The van der Waals surface area contributed by atoms with E-state index >= 15 is 0 Å². The highest BCUT2D eigenvalue weighted by Crippen LogP contribution is 2.09. The minimum absolute atomic E-state index is 0.125. The Hall–Kier alpha value is -0.430. The molecule has 0 saturated carbocycles. The Morgan fingerprint density at radius 1 is 1.56 bits per heavy atom. The van der Waals surface area contributed by atoms with E-state index in [1.165, 1.54) is 0 Å². The summed E-state index contributed by atoms with van der Waals surface area (Å²) in [6, 6.07) is 2.06. The normalized spacial score (nSPS) is 21.4. The van der Waals surface area contributed by atoms with Crippen molar-refractivity contribution >= 4 is 21.4 Å². The van der Waals surface area contributed by atoms with Gasteiger partial charge in [0.2, 0.25) is 10.0 Å². The van der Waals surface area contributed by atoms with Gasteiger partial charge in [-0.3, -0.25) is 0 Å². The van der Waals surface area contributed by atoms with Gasteiger partial charge in [0.05, 0.1) is 5.75 Å². The topological polar surface area (TPSA) is 58.2 Å². The molecule has 1 fully saturated rings. The summed E-state index contributed by atoms with van der Waals surface area (Å²) in [4.78, 5) is 0. The summed E-state index contributed by atoms with van der Waals surface area (Å²) in [5, 5.41) is 7.09. The van der Waals surface area contributed by atoms with Crippen molar-refractivity contribution in [3.63, 3.8) is 0 Å². The third kappa shape index (κ3) is 3.55. The molecule has 0 aliphatic carbocycles. The first-order valence-electron chi connectivity index (χ1n) is 5.37. The molecule has 0 spiro atoms. The van der Waals surface area contributed by atoms with Crippen LogP contribution in [-0.2, 0) is 16.6 Å². The molecule has 0 radical (unpaired) electrons. The standard InChI is InChI=1S/C10H16N2O2S2/c13-16(14,8-10-2-1-4-11-10)12-6-9-3-5-15-7-9/h3,5,7,10-12H,1-2,4,6,8H2. The SMILES string of the molecule is O=S(=O)(CC1CCCN1)NCc1ccsc1. The minimum atomic E-state index is -3.15. The molecular weight excluding hydrogens is 244 g/mol. The predicted molar refractivity (Wildman–Crippen MR) is 66.0 cm³/mol. The molecule has 2 rings (SSSR count). The molecule has 2 N–H and O–H groups in total. The van der Waals surface area contributed by atoms with Crippen LogP contribution in [0.1, 0.15) is 18.4 Å². The fraction of sp³-hybridized carbons (Fsp3) is 0.600. The fourth-order valence-corrected chi connectivity index (χ4v) is 3.80. The summed E-state index contributed by atoms with van der Waals surface area (Å²) in [6.45, 7) is 1.34. The molecule has 1 aliphatic heterocycles. The molecule has 0 aromatic carbocycles. The Bertz CT molecular complexity index is 408. The number of nitrogens with one attached hydrogen (secondary N) is 2. The lowest BCUT2D eigenvalue weighted by molar-refractivity contribution is 0.563. The predicted octanol–water partition coefficient (Wildman–Crippen LogP) is 0.920. The van der Waals surface area contributed by atoms with Crippen LogP contribution >= 0.6 is 11.3 Å². The summed E-state index contributed by atoms with van der Waals surface area (Å²) >= 11 is 1.58. The van der Waals surface area contributed by atoms with Gasteiger partial charge in [0.1, 0.15) is 0 Å². The second-order valence-corrected chi connectivity index (χ2v) is 6.66. The zero-order chi connectivity index (χ0) is 11.4. The largest absolute Gasteiger partial charge is 0.313 e. The second kappa shape index (κ2) is 5.27. The Morgan fingerprint density at radius 3 is 3.06 bits per heavy atom. The molecule has 1 unspecified atom stereocenters. The van der Waals surface area contributed by atoms with Crippen molar-refractivity contribution in [2.45, 2.75) is 25.4 Å². The van der Waals surface area contributed by atoms with Crippen molar-refractivity contribution in [3.05, 3.63) is 22.4 Å². The number of hydrogen-bond donors (Lipinski definition) is 2. The molecule has 1 atom stereocenters. The third-order valence-electron chi connectivity index (χ3n) is 2.66. The maximum Gasteiger partial charge on any atom is 0.213 e. The Morgan fingerprint density at radius 2 is 2.44 bits per heavy atom. The van der Waals surface area contributed by atoms with E-state index in [-0.39, 0.29) is 11.8 Å². The first-order valence-corrected chi connectivity index (χ1v) is 7.97. The number of thiophene rings is 1. The van der Waals surface area contributed by atoms with Crippen LogP contribution in [0.3, 0.4) is 0 Å². The van der Waals surface area contributed by atoms with Crippen LogP contribution in [0.5, 0.6) is 0 Å². The molecule has 4 nitrogen and oxygen atoms in total. The lowest BCUT2D eigenvalue weighted by atomic mass is 10.3. The van der Waals surface area contributed by atoms with Crippen LogP contribution in [0.4, 0.5) is 0 Å². The summed E-state index contributed by atoms with van der Waals surface area (Å²) in [7, 11) is -3.15. The van der Waals surface area contributed by atoms with Crippen molar-refractivity contribution in [1.82, 2.24) is 10.0 Å². The third-order valence-corrected chi connectivity index (χ3v) is 4.82. The lowest BCUT2D eigenvalue weighted by Crippen LogP contribution is -2.36. The van der Waals surface area contributed by atoms with Gasteiger partial charge < -0.3 is 5.32 Å². The van der Waals surface area contributed by atoms with Crippen molar-refractivity contribution in [3.8, 4) is 0 Å². The van der Waals surface area contributed by atoms with Gasteiger partial charge in [0.25, 0.3) is 0 Å². The van der Waals surface area contributed by atoms with Gasteiger partial charge in [-0.15, -0.1) is 0 Å². The molecule has 0 bridgehead atoms. The Kier molecular flexibility index (Phi) is 3.96. The van der Waals surface area contributed by atoms with E-state index in [0.717, 1.165) is 24.9 Å². The van der Waals surface area contributed by atoms with E-state index < -0.39 is 10.0 Å². The molecule has 90 valence electrons. The number of rotatable bonds is 5.